The van der Waals surface area contributed by atoms with Crippen LogP contribution in [0.15, 0.2) is 42.5 Å². The molecule has 2 aromatic carbocycles. The molecule has 0 bridgehead atoms. The highest BCUT2D eigenvalue weighted by molar-refractivity contribution is 5.95. The van der Waals surface area contributed by atoms with Gasteiger partial charge < -0.3 is 14.7 Å². The maximum absolute atomic E-state index is 13.1. The van der Waals surface area contributed by atoms with Crippen LogP contribution < -0.4 is 4.74 Å². The van der Waals surface area contributed by atoms with Crippen LogP contribution in [0.2, 0.25) is 0 Å². The fraction of sp³-hybridized carbons (Fsp3) is 0.435. The number of amides is 1. The molecule has 1 amide bonds. The third kappa shape index (κ3) is 3.35. The summed E-state index contributed by atoms with van der Waals surface area (Å²) in [6, 6.07) is 13.7. The Bertz CT molecular complexity index is 882. The first-order chi connectivity index (χ1) is 13.5. The summed E-state index contributed by atoms with van der Waals surface area (Å²) in [6.45, 7) is 7.04. The van der Waals surface area contributed by atoms with E-state index in [0.29, 0.717) is 35.8 Å². The molecule has 0 aliphatic carbocycles. The van der Waals surface area contributed by atoms with E-state index in [1.165, 1.54) is 17.2 Å². The van der Waals surface area contributed by atoms with Crippen molar-refractivity contribution in [1.29, 1.82) is 0 Å². The molecule has 1 N–H and O–H groups in total. The number of hydrogen-bond acceptors (Lipinski definition) is 4. The van der Waals surface area contributed by atoms with Gasteiger partial charge in [-0.05, 0) is 50.1 Å². The number of ether oxygens (including phenoxy) is 1. The normalized spacial score (nSPS) is 24.4. The Kier molecular flexibility index (Phi) is 5.02. The van der Waals surface area contributed by atoms with Gasteiger partial charge in [0.05, 0.1) is 6.61 Å². The van der Waals surface area contributed by atoms with Crippen molar-refractivity contribution in [3.8, 4) is 11.5 Å². The van der Waals surface area contributed by atoms with Crippen molar-refractivity contribution < 1.29 is 14.6 Å². The van der Waals surface area contributed by atoms with Crippen molar-refractivity contribution in [2.24, 2.45) is 11.8 Å². The van der Waals surface area contributed by atoms with Crippen molar-refractivity contribution in [3.63, 3.8) is 0 Å². The van der Waals surface area contributed by atoms with Gasteiger partial charge in [0.25, 0.3) is 5.91 Å². The van der Waals surface area contributed by atoms with Crippen molar-refractivity contribution in [2.75, 3.05) is 33.3 Å². The van der Waals surface area contributed by atoms with Crippen LogP contribution in [0.25, 0.3) is 0 Å². The summed E-state index contributed by atoms with van der Waals surface area (Å²) >= 11 is 0. The highest BCUT2D eigenvalue weighted by Gasteiger charge is 2.47. The minimum Gasteiger partial charge on any atom is -0.508 e. The summed E-state index contributed by atoms with van der Waals surface area (Å²) in [5.74, 6) is 1.47. The Hall–Kier alpha value is -2.53. The molecule has 2 aliphatic rings. The number of aryl methyl sites for hydroxylation is 1. The predicted octanol–water partition coefficient (Wildman–Crippen LogP) is 3.47. The van der Waals surface area contributed by atoms with Gasteiger partial charge in [-0.1, -0.05) is 24.3 Å². The van der Waals surface area contributed by atoms with Crippen LogP contribution in [0.3, 0.4) is 0 Å². The lowest BCUT2D eigenvalue weighted by atomic mass is 9.88. The minimum atomic E-state index is -0.0301. The molecule has 5 nitrogen and oxygen atoms in total. The fourth-order valence-electron chi connectivity index (χ4n) is 4.95. The topological polar surface area (TPSA) is 53.0 Å². The minimum absolute atomic E-state index is 0.0301. The van der Waals surface area contributed by atoms with Gasteiger partial charge in [0.15, 0.2) is 0 Å². The second-order valence-electron chi connectivity index (χ2n) is 8.02. The zero-order valence-corrected chi connectivity index (χ0v) is 16.8. The van der Waals surface area contributed by atoms with E-state index in [1.807, 2.05) is 11.8 Å². The van der Waals surface area contributed by atoms with Crippen LogP contribution in [-0.2, 0) is 0 Å². The van der Waals surface area contributed by atoms with E-state index in [0.717, 1.165) is 19.6 Å². The number of carbonyl (C=O) groups is 1. The molecule has 5 heteroatoms. The Morgan fingerprint density at radius 1 is 1.18 bits per heavy atom. The van der Waals surface area contributed by atoms with E-state index < -0.39 is 0 Å². The quantitative estimate of drug-likeness (QED) is 0.882. The maximum atomic E-state index is 13.1. The number of carbonyl (C=O) groups excluding carboxylic acids is 1. The molecule has 28 heavy (non-hydrogen) atoms. The molecule has 148 valence electrons. The molecule has 2 heterocycles. The van der Waals surface area contributed by atoms with E-state index in [2.05, 4.69) is 43.1 Å². The Morgan fingerprint density at radius 3 is 2.71 bits per heavy atom. The summed E-state index contributed by atoms with van der Waals surface area (Å²) in [6.07, 6.45) is 0. The molecule has 2 aromatic rings. The van der Waals surface area contributed by atoms with E-state index in [-0.39, 0.29) is 11.7 Å². The highest BCUT2D eigenvalue weighted by atomic mass is 16.5. The number of phenols is 1. The Labute approximate surface area is 166 Å². The lowest BCUT2D eigenvalue weighted by Gasteiger charge is -2.28. The monoisotopic (exact) mass is 380 g/mol. The second kappa shape index (κ2) is 7.47. The van der Waals surface area contributed by atoms with Gasteiger partial charge in [-0.25, -0.2) is 0 Å². The second-order valence-corrected chi connectivity index (χ2v) is 8.02. The molecular weight excluding hydrogens is 352 g/mol. The number of phenolic OH excluding ortho intramolecular Hbond substituents is 1. The summed E-state index contributed by atoms with van der Waals surface area (Å²) < 4.78 is 5.48. The van der Waals surface area contributed by atoms with Crippen LogP contribution in [0.4, 0.5) is 0 Å². The average molecular weight is 380 g/mol. The van der Waals surface area contributed by atoms with Crippen molar-refractivity contribution in [1.82, 2.24) is 9.80 Å². The smallest absolute Gasteiger partial charge is 0.254 e. The molecule has 0 radical (unpaired) electrons. The number of fused-ring (bicyclic) bond motifs is 1. The third-order valence-corrected chi connectivity index (χ3v) is 6.14. The summed E-state index contributed by atoms with van der Waals surface area (Å²) in [4.78, 5) is 17.5. The number of benzene rings is 2. The Balaban J connectivity index is 1.56. The van der Waals surface area contributed by atoms with Crippen LogP contribution in [0, 0.1) is 18.8 Å². The number of aromatic hydroxyl groups is 1. The molecular formula is C23H28N2O3. The van der Waals surface area contributed by atoms with Crippen molar-refractivity contribution in [2.45, 2.75) is 19.9 Å². The number of nitrogens with zero attached hydrogens (tertiary/aromatic N) is 2. The third-order valence-electron chi connectivity index (χ3n) is 6.14. The molecule has 0 saturated carbocycles. The summed E-state index contributed by atoms with van der Waals surface area (Å²) in [5, 5.41) is 9.97. The van der Waals surface area contributed by atoms with Gasteiger partial charge >= 0.3 is 0 Å². The van der Waals surface area contributed by atoms with Crippen LogP contribution in [0.1, 0.15) is 34.5 Å². The molecule has 0 spiro atoms. The molecule has 0 aromatic heterocycles. The first-order valence-electron chi connectivity index (χ1n) is 9.99. The van der Waals surface area contributed by atoms with Gasteiger partial charge in [-0.15, -0.1) is 0 Å². The van der Waals surface area contributed by atoms with Gasteiger partial charge in [0.2, 0.25) is 0 Å². The SMILES string of the molecule is CCOc1cc(O)cc(C(=O)N2C[C@@H]3CN(C)[C@H](c4ccccc4C)[C@@H]3C2)c1. The Morgan fingerprint density at radius 2 is 1.96 bits per heavy atom. The van der Waals surface area contributed by atoms with Crippen molar-refractivity contribution >= 4 is 5.91 Å². The highest BCUT2D eigenvalue weighted by Crippen LogP contribution is 2.45. The van der Waals surface area contributed by atoms with E-state index >= 15 is 0 Å². The van der Waals surface area contributed by atoms with Crippen LogP contribution in [0.5, 0.6) is 11.5 Å². The number of likely N-dealkylation sites (tertiary alicyclic amines) is 2. The van der Waals surface area contributed by atoms with E-state index in [1.54, 1.807) is 12.1 Å². The molecule has 2 saturated heterocycles. The number of rotatable bonds is 4. The zero-order valence-electron chi connectivity index (χ0n) is 16.8. The summed E-state index contributed by atoms with van der Waals surface area (Å²) in [7, 11) is 2.19. The van der Waals surface area contributed by atoms with Gasteiger partial charge in [-0.3, -0.25) is 9.69 Å². The van der Waals surface area contributed by atoms with E-state index in [4.69, 9.17) is 4.74 Å². The van der Waals surface area contributed by atoms with Crippen molar-refractivity contribution in [3.05, 3.63) is 59.2 Å². The van der Waals surface area contributed by atoms with Crippen LogP contribution in [-0.4, -0.2) is 54.1 Å². The molecule has 0 unspecified atom stereocenters. The maximum Gasteiger partial charge on any atom is 0.254 e. The zero-order chi connectivity index (χ0) is 19.8. The fourth-order valence-corrected chi connectivity index (χ4v) is 4.95. The average Bonchev–Trinajstić information content (AvgIpc) is 3.18. The lowest BCUT2D eigenvalue weighted by Crippen LogP contribution is -2.33. The first-order valence-corrected chi connectivity index (χ1v) is 9.99. The van der Waals surface area contributed by atoms with Crippen LogP contribution >= 0.6 is 0 Å². The van der Waals surface area contributed by atoms with Gasteiger partial charge in [-0.2, -0.15) is 0 Å². The molecule has 3 atom stereocenters. The summed E-state index contributed by atoms with van der Waals surface area (Å²) in [5.41, 5.74) is 3.16. The first kappa shape index (κ1) is 18.8. The van der Waals surface area contributed by atoms with E-state index in [9.17, 15) is 9.90 Å². The molecule has 2 aliphatic heterocycles. The lowest BCUT2D eigenvalue weighted by molar-refractivity contribution is 0.0767. The number of hydrogen-bond donors (Lipinski definition) is 1. The van der Waals surface area contributed by atoms with Gasteiger partial charge in [0, 0.05) is 43.2 Å². The molecule has 2 fully saturated rings. The molecule has 4 rings (SSSR count). The van der Waals surface area contributed by atoms with Gasteiger partial charge in [0.1, 0.15) is 11.5 Å². The predicted molar refractivity (Wildman–Crippen MR) is 109 cm³/mol. The standard InChI is InChI=1S/C23H28N2O3/c1-4-28-19-10-16(9-18(26)11-19)23(27)25-13-17-12-24(3)22(21(17)14-25)20-8-6-5-7-15(20)2/h5-11,17,21-22,26H,4,12-14H2,1-3H3/t17-,21+,22+/m0/s1. The largest absolute Gasteiger partial charge is 0.508 e.